The number of carbonyl (C=O) groups excluding carboxylic acids is 1. The predicted octanol–water partition coefficient (Wildman–Crippen LogP) is 3.69. The van der Waals surface area contributed by atoms with Gasteiger partial charge >= 0.3 is 6.03 Å². The van der Waals surface area contributed by atoms with Gasteiger partial charge in [-0.05, 0) is 43.5 Å². The Kier molecular flexibility index (Phi) is 6.98. The van der Waals surface area contributed by atoms with Crippen LogP contribution in [0.5, 0.6) is 0 Å². The van der Waals surface area contributed by atoms with Gasteiger partial charge in [-0.15, -0.1) is 0 Å². The first-order valence-electron chi connectivity index (χ1n) is 8.39. The van der Waals surface area contributed by atoms with Crippen molar-refractivity contribution < 1.29 is 14.6 Å². The monoisotopic (exact) mass is 342 g/mol. The summed E-state index contributed by atoms with van der Waals surface area (Å²) in [7, 11) is 0. The standard InChI is InChI=1S/C20H26N2O3/c1-20(2,12-13-23)22-19(24)21-18-10-8-17(9-11-18)15-25-14-16-6-4-3-5-7-16/h3-11,23H,12-15H2,1-2H3,(H2,21,22,24). The lowest BCUT2D eigenvalue weighted by Crippen LogP contribution is -2.46. The molecule has 25 heavy (non-hydrogen) atoms. The van der Waals surface area contributed by atoms with Gasteiger partial charge < -0.3 is 20.5 Å². The fraction of sp³-hybridized carbons (Fsp3) is 0.350. The van der Waals surface area contributed by atoms with Crippen molar-refractivity contribution in [3.63, 3.8) is 0 Å². The van der Waals surface area contributed by atoms with Gasteiger partial charge in [0.25, 0.3) is 0 Å². The molecule has 0 bridgehead atoms. The SMILES string of the molecule is CC(C)(CCO)NC(=O)Nc1ccc(COCc2ccccc2)cc1. The van der Waals surface area contributed by atoms with Gasteiger partial charge in [0.2, 0.25) is 0 Å². The highest BCUT2D eigenvalue weighted by Crippen LogP contribution is 2.13. The molecule has 0 fully saturated rings. The van der Waals surface area contributed by atoms with Gasteiger partial charge in [-0.25, -0.2) is 4.79 Å². The van der Waals surface area contributed by atoms with Gasteiger partial charge in [-0.2, -0.15) is 0 Å². The molecule has 134 valence electrons. The Labute approximate surface area is 149 Å². The average molecular weight is 342 g/mol. The van der Waals surface area contributed by atoms with Gasteiger partial charge in [0.15, 0.2) is 0 Å². The highest BCUT2D eigenvalue weighted by molar-refractivity contribution is 5.89. The maximum Gasteiger partial charge on any atom is 0.319 e. The highest BCUT2D eigenvalue weighted by atomic mass is 16.5. The Hall–Kier alpha value is -2.37. The molecular weight excluding hydrogens is 316 g/mol. The Bertz CT molecular complexity index is 654. The van der Waals surface area contributed by atoms with E-state index in [-0.39, 0.29) is 12.6 Å². The second-order valence-electron chi connectivity index (χ2n) is 6.61. The first-order valence-corrected chi connectivity index (χ1v) is 8.39. The van der Waals surface area contributed by atoms with Crippen molar-refractivity contribution >= 4 is 11.7 Å². The van der Waals surface area contributed by atoms with E-state index in [0.29, 0.717) is 25.3 Å². The number of carbonyl (C=O) groups is 1. The molecule has 0 saturated carbocycles. The fourth-order valence-corrected chi connectivity index (χ4v) is 2.36. The molecule has 0 saturated heterocycles. The molecule has 5 nitrogen and oxygen atoms in total. The summed E-state index contributed by atoms with van der Waals surface area (Å²) in [5.41, 5.74) is 2.44. The number of nitrogens with one attached hydrogen (secondary N) is 2. The lowest BCUT2D eigenvalue weighted by atomic mass is 10.0. The van der Waals surface area contributed by atoms with Crippen molar-refractivity contribution in [3.05, 3.63) is 65.7 Å². The van der Waals surface area contributed by atoms with E-state index < -0.39 is 5.54 Å². The first kappa shape index (κ1) is 19.0. The molecule has 2 amide bonds. The molecule has 0 atom stereocenters. The summed E-state index contributed by atoms with van der Waals surface area (Å²) in [6.07, 6.45) is 0.498. The van der Waals surface area contributed by atoms with Gasteiger partial charge in [-0.3, -0.25) is 0 Å². The maximum absolute atomic E-state index is 12.0. The zero-order valence-corrected chi connectivity index (χ0v) is 14.8. The van der Waals surface area contributed by atoms with Crippen LogP contribution >= 0.6 is 0 Å². The third-order valence-corrected chi connectivity index (χ3v) is 3.78. The van der Waals surface area contributed by atoms with E-state index in [1.54, 1.807) is 0 Å². The van der Waals surface area contributed by atoms with Crippen LogP contribution in [0.15, 0.2) is 54.6 Å². The second-order valence-corrected chi connectivity index (χ2v) is 6.61. The van der Waals surface area contributed by atoms with Crippen LogP contribution in [0.2, 0.25) is 0 Å². The van der Waals surface area contributed by atoms with E-state index >= 15 is 0 Å². The number of benzene rings is 2. The molecule has 0 aliphatic heterocycles. The zero-order chi connectivity index (χ0) is 18.1. The van der Waals surface area contributed by atoms with Crippen LogP contribution in [0.3, 0.4) is 0 Å². The number of anilines is 1. The van der Waals surface area contributed by atoms with Crippen molar-refractivity contribution in [1.29, 1.82) is 0 Å². The molecule has 5 heteroatoms. The van der Waals surface area contributed by atoms with Gasteiger partial charge in [0, 0.05) is 17.8 Å². The topological polar surface area (TPSA) is 70.6 Å². The smallest absolute Gasteiger partial charge is 0.319 e. The van der Waals surface area contributed by atoms with Crippen molar-refractivity contribution in [3.8, 4) is 0 Å². The van der Waals surface area contributed by atoms with Crippen LogP contribution in [-0.4, -0.2) is 23.3 Å². The molecule has 0 unspecified atom stereocenters. The lowest BCUT2D eigenvalue weighted by Gasteiger charge is -2.25. The number of hydrogen-bond acceptors (Lipinski definition) is 3. The molecule has 0 aliphatic carbocycles. The molecule has 3 N–H and O–H groups in total. The second kappa shape index (κ2) is 9.20. The number of aliphatic hydroxyl groups is 1. The highest BCUT2D eigenvalue weighted by Gasteiger charge is 2.19. The zero-order valence-electron chi connectivity index (χ0n) is 14.8. The molecule has 0 radical (unpaired) electrons. The van der Waals surface area contributed by atoms with Crippen LogP contribution < -0.4 is 10.6 Å². The van der Waals surface area contributed by atoms with E-state index in [2.05, 4.69) is 10.6 Å². The molecular formula is C20H26N2O3. The summed E-state index contributed by atoms with van der Waals surface area (Å²) < 4.78 is 5.70. The summed E-state index contributed by atoms with van der Waals surface area (Å²) in [6, 6.07) is 17.3. The molecule has 2 rings (SSSR count). The predicted molar refractivity (Wildman–Crippen MR) is 99.3 cm³/mol. The number of ether oxygens (including phenoxy) is 1. The van der Waals surface area contributed by atoms with Gasteiger partial charge in [-0.1, -0.05) is 42.5 Å². The molecule has 0 spiro atoms. The molecule has 2 aromatic carbocycles. The van der Waals surface area contributed by atoms with Gasteiger partial charge in [0.05, 0.1) is 13.2 Å². The lowest BCUT2D eigenvalue weighted by molar-refractivity contribution is 0.107. The number of rotatable bonds is 8. The minimum atomic E-state index is -0.454. The van der Waals surface area contributed by atoms with Crippen LogP contribution in [0.25, 0.3) is 0 Å². The Morgan fingerprint density at radius 2 is 1.60 bits per heavy atom. The van der Waals surface area contributed by atoms with Gasteiger partial charge in [0.1, 0.15) is 0 Å². The van der Waals surface area contributed by atoms with E-state index in [1.165, 1.54) is 0 Å². The number of hydrogen-bond donors (Lipinski definition) is 3. The summed E-state index contributed by atoms with van der Waals surface area (Å²) >= 11 is 0. The number of urea groups is 1. The largest absolute Gasteiger partial charge is 0.396 e. The number of aliphatic hydroxyl groups excluding tert-OH is 1. The third-order valence-electron chi connectivity index (χ3n) is 3.78. The van der Waals surface area contributed by atoms with E-state index in [0.717, 1.165) is 11.1 Å². The molecule has 0 aromatic heterocycles. The Morgan fingerprint density at radius 3 is 2.20 bits per heavy atom. The minimum absolute atomic E-state index is 0.0327. The fourth-order valence-electron chi connectivity index (χ4n) is 2.36. The van der Waals surface area contributed by atoms with Crippen LogP contribution in [0.1, 0.15) is 31.4 Å². The molecule has 0 aliphatic rings. The third kappa shape index (κ3) is 6.95. The van der Waals surface area contributed by atoms with E-state index in [4.69, 9.17) is 9.84 Å². The summed E-state index contributed by atoms with van der Waals surface area (Å²) in [4.78, 5) is 12.0. The quantitative estimate of drug-likeness (QED) is 0.685. The normalized spacial score (nSPS) is 11.2. The van der Waals surface area contributed by atoms with Crippen molar-refractivity contribution in [2.24, 2.45) is 0 Å². The van der Waals surface area contributed by atoms with E-state index in [9.17, 15) is 4.79 Å². The summed E-state index contributed by atoms with van der Waals surface area (Å²) in [5.74, 6) is 0. The van der Waals surface area contributed by atoms with Crippen molar-refractivity contribution in [2.45, 2.75) is 39.0 Å². The summed E-state index contributed by atoms with van der Waals surface area (Å²) in [6.45, 7) is 4.87. The average Bonchev–Trinajstić information content (AvgIpc) is 2.57. The summed E-state index contributed by atoms with van der Waals surface area (Å²) in [5, 5.41) is 14.6. The molecule has 0 heterocycles. The van der Waals surface area contributed by atoms with Crippen molar-refractivity contribution in [2.75, 3.05) is 11.9 Å². The van der Waals surface area contributed by atoms with E-state index in [1.807, 2.05) is 68.4 Å². The first-order chi connectivity index (χ1) is 12.0. The maximum atomic E-state index is 12.0. The van der Waals surface area contributed by atoms with Crippen LogP contribution in [-0.2, 0) is 18.0 Å². The van der Waals surface area contributed by atoms with Crippen LogP contribution in [0.4, 0.5) is 10.5 Å². The molecule has 2 aromatic rings. The van der Waals surface area contributed by atoms with Crippen LogP contribution in [0, 0.1) is 0 Å². The minimum Gasteiger partial charge on any atom is -0.396 e. The van der Waals surface area contributed by atoms with Crippen molar-refractivity contribution in [1.82, 2.24) is 5.32 Å². The number of amides is 2. The Morgan fingerprint density at radius 1 is 1.00 bits per heavy atom. The Balaban J connectivity index is 1.78.